The Kier molecular flexibility index (Phi) is 5.71. The summed E-state index contributed by atoms with van der Waals surface area (Å²) < 4.78 is 12.2. The second kappa shape index (κ2) is 6.81. The van der Waals surface area contributed by atoms with Crippen molar-refractivity contribution in [2.75, 3.05) is 13.2 Å². The summed E-state index contributed by atoms with van der Waals surface area (Å²) in [5.41, 5.74) is 1.11. The molecule has 92 valence electrons. The zero-order valence-corrected chi connectivity index (χ0v) is 12.5. The van der Waals surface area contributed by atoms with E-state index in [1.165, 1.54) is 0 Å². The molecule has 0 aromatic heterocycles. The third-order valence-electron chi connectivity index (χ3n) is 2.02. The molecule has 0 bridgehead atoms. The fourth-order valence-electron chi connectivity index (χ4n) is 1.07. The van der Waals surface area contributed by atoms with Crippen LogP contribution >= 0.6 is 31.9 Å². The number of hydrogen-bond acceptors (Lipinski definition) is 3. The number of halogens is 2. The van der Waals surface area contributed by atoms with Crippen LogP contribution in [0.25, 0.3) is 0 Å². The highest BCUT2D eigenvalue weighted by Crippen LogP contribution is 2.29. The van der Waals surface area contributed by atoms with Crippen molar-refractivity contribution in [3.63, 3.8) is 0 Å². The molecule has 5 heteroatoms. The van der Waals surface area contributed by atoms with Gasteiger partial charge in [0.25, 0.3) is 0 Å². The van der Waals surface area contributed by atoms with Gasteiger partial charge < -0.3 is 9.47 Å². The third kappa shape index (κ3) is 4.52. The maximum absolute atomic E-state index is 10.8. The van der Waals surface area contributed by atoms with Crippen molar-refractivity contribution in [3.8, 4) is 5.75 Å². The quantitative estimate of drug-likeness (QED) is 0.455. The van der Waals surface area contributed by atoms with E-state index < -0.39 is 5.97 Å². The monoisotopic (exact) mass is 362 g/mol. The van der Waals surface area contributed by atoms with Gasteiger partial charge in [-0.1, -0.05) is 38.4 Å². The average molecular weight is 364 g/mol. The van der Waals surface area contributed by atoms with E-state index in [1.54, 1.807) is 0 Å². The Bertz CT molecular complexity index is 407. The molecule has 1 aromatic carbocycles. The highest BCUT2D eigenvalue weighted by atomic mass is 79.9. The second-order valence-electron chi connectivity index (χ2n) is 3.23. The first-order valence-corrected chi connectivity index (χ1v) is 6.51. The summed E-state index contributed by atoms with van der Waals surface area (Å²) in [5, 5.41) is 0. The van der Waals surface area contributed by atoms with Crippen LogP contribution in [0.15, 0.2) is 33.7 Å². The lowest BCUT2D eigenvalue weighted by Gasteiger charge is -2.09. The maximum Gasteiger partial charge on any atom is 0.330 e. The lowest BCUT2D eigenvalue weighted by atomic mass is 10.2. The highest BCUT2D eigenvalue weighted by Gasteiger charge is 2.04. The zero-order valence-electron chi connectivity index (χ0n) is 9.33. The molecule has 0 unspecified atom stereocenters. The molecule has 0 radical (unpaired) electrons. The average Bonchev–Trinajstić information content (AvgIpc) is 2.31. The van der Waals surface area contributed by atoms with Crippen LogP contribution in [0.5, 0.6) is 5.75 Å². The summed E-state index contributed by atoms with van der Waals surface area (Å²) in [4.78, 5) is 10.8. The first-order chi connectivity index (χ1) is 8.04. The molecule has 17 heavy (non-hydrogen) atoms. The van der Waals surface area contributed by atoms with Crippen LogP contribution in [0, 0.1) is 6.92 Å². The Morgan fingerprint density at radius 3 is 2.47 bits per heavy atom. The number of carbonyl (C=O) groups excluding carboxylic acids is 1. The summed E-state index contributed by atoms with van der Waals surface area (Å²) >= 11 is 6.86. The molecule has 0 saturated heterocycles. The molecule has 1 rings (SSSR count). The molecule has 0 aliphatic rings. The van der Waals surface area contributed by atoms with E-state index in [4.69, 9.17) is 9.47 Å². The maximum atomic E-state index is 10.8. The van der Waals surface area contributed by atoms with Crippen LogP contribution in [0.4, 0.5) is 0 Å². The number of hydrogen-bond donors (Lipinski definition) is 0. The van der Waals surface area contributed by atoms with Crippen LogP contribution in [0.1, 0.15) is 5.56 Å². The normalized spacial score (nSPS) is 9.82. The molecule has 0 N–H and O–H groups in total. The fourth-order valence-corrected chi connectivity index (χ4v) is 2.21. The molecular formula is C12H12Br2O3. The van der Waals surface area contributed by atoms with E-state index in [-0.39, 0.29) is 6.61 Å². The zero-order chi connectivity index (χ0) is 12.8. The first-order valence-electron chi connectivity index (χ1n) is 4.92. The van der Waals surface area contributed by atoms with E-state index in [0.717, 1.165) is 20.6 Å². The van der Waals surface area contributed by atoms with E-state index in [2.05, 4.69) is 38.4 Å². The lowest BCUT2D eigenvalue weighted by molar-refractivity contribution is -0.138. The third-order valence-corrected chi connectivity index (χ3v) is 3.66. The Balaban J connectivity index is 2.47. The minimum atomic E-state index is -0.445. The number of ether oxygens (including phenoxy) is 2. The molecule has 0 spiro atoms. The van der Waals surface area contributed by atoms with Crippen molar-refractivity contribution in [1.82, 2.24) is 0 Å². The fraction of sp³-hybridized carbons (Fsp3) is 0.250. The van der Waals surface area contributed by atoms with E-state index in [9.17, 15) is 4.79 Å². The number of carbonyl (C=O) groups is 1. The van der Waals surface area contributed by atoms with Crippen LogP contribution in [0.3, 0.4) is 0 Å². The summed E-state index contributed by atoms with van der Waals surface area (Å²) in [6.45, 7) is 5.80. The van der Waals surface area contributed by atoms with Crippen molar-refractivity contribution in [3.05, 3.63) is 39.3 Å². The van der Waals surface area contributed by atoms with Gasteiger partial charge >= 0.3 is 5.97 Å². The smallest absolute Gasteiger partial charge is 0.330 e. The highest BCUT2D eigenvalue weighted by molar-refractivity contribution is 9.11. The largest absolute Gasteiger partial charge is 0.490 e. The van der Waals surface area contributed by atoms with Gasteiger partial charge in [0.2, 0.25) is 0 Å². The Morgan fingerprint density at radius 1 is 1.35 bits per heavy atom. The van der Waals surface area contributed by atoms with E-state index in [1.807, 2.05) is 19.1 Å². The molecule has 0 saturated carbocycles. The van der Waals surface area contributed by atoms with Crippen LogP contribution in [0.2, 0.25) is 0 Å². The molecule has 0 fully saturated rings. The van der Waals surface area contributed by atoms with Crippen LogP contribution in [-0.4, -0.2) is 19.2 Å². The molecule has 0 heterocycles. The van der Waals surface area contributed by atoms with Crippen molar-refractivity contribution >= 4 is 37.8 Å². The summed E-state index contributed by atoms with van der Waals surface area (Å²) in [5.74, 6) is 0.267. The molecular weight excluding hydrogens is 352 g/mol. The van der Waals surface area contributed by atoms with Crippen molar-refractivity contribution < 1.29 is 14.3 Å². The van der Waals surface area contributed by atoms with Crippen LogP contribution in [-0.2, 0) is 9.53 Å². The van der Waals surface area contributed by atoms with Gasteiger partial charge in [-0.15, -0.1) is 0 Å². The molecule has 0 amide bonds. The Morgan fingerprint density at radius 2 is 1.94 bits per heavy atom. The van der Waals surface area contributed by atoms with Crippen molar-refractivity contribution in [2.45, 2.75) is 6.92 Å². The summed E-state index contributed by atoms with van der Waals surface area (Å²) in [6.07, 6.45) is 1.12. The Labute approximate surface area is 117 Å². The molecule has 3 nitrogen and oxygen atoms in total. The number of benzene rings is 1. The standard InChI is InChI=1S/C12H12Br2O3/c1-3-12(15)17-5-4-16-9-6-10(13)8(2)11(14)7-9/h3,6-7H,1,4-5H2,2H3. The topological polar surface area (TPSA) is 35.5 Å². The second-order valence-corrected chi connectivity index (χ2v) is 4.94. The minimum absolute atomic E-state index is 0.202. The molecule has 0 aliphatic heterocycles. The van der Waals surface area contributed by atoms with Crippen LogP contribution < -0.4 is 4.74 Å². The lowest BCUT2D eigenvalue weighted by Crippen LogP contribution is -2.10. The Hall–Kier alpha value is -0.810. The molecule has 1 aromatic rings. The van der Waals surface area contributed by atoms with E-state index >= 15 is 0 Å². The molecule has 0 aliphatic carbocycles. The van der Waals surface area contributed by atoms with Gasteiger partial charge in [0.1, 0.15) is 19.0 Å². The van der Waals surface area contributed by atoms with Gasteiger partial charge in [0.15, 0.2) is 0 Å². The van der Waals surface area contributed by atoms with Gasteiger partial charge in [0, 0.05) is 15.0 Å². The predicted octanol–water partition coefficient (Wildman–Crippen LogP) is 3.63. The van der Waals surface area contributed by atoms with Gasteiger partial charge in [-0.05, 0) is 24.6 Å². The number of esters is 1. The van der Waals surface area contributed by atoms with Gasteiger partial charge in [0.05, 0.1) is 0 Å². The SMILES string of the molecule is C=CC(=O)OCCOc1cc(Br)c(C)c(Br)c1. The first kappa shape index (κ1) is 14.3. The van der Waals surface area contributed by atoms with Crippen molar-refractivity contribution in [2.24, 2.45) is 0 Å². The summed E-state index contributed by atoms with van der Waals surface area (Å²) in [6, 6.07) is 3.74. The summed E-state index contributed by atoms with van der Waals surface area (Å²) in [7, 11) is 0. The minimum Gasteiger partial charge on any atom is -0.490 e. The van der Waals surface area contributed by atoms with Crippen molar-refractivity contribution in [1.29, 1.82) is 0 Å². The van der Waals surface area contributed by atoms with Gasteiger partial charge in [-0.25, -0.2) is 4.79 Å². The number of rotatable bonds is 5. The van der Waals surface area contributed by atoms with E-state index in [0.29, 0.717) is 12.4 Å². The van der Waals surface area contributed by atoms with Gasteiger partial charge in [-0.2, -0.15) is 0 Å². The molecule has 0 atom stereocenters. The predicted molar refractivity (Wildman–Crippen MR) is 73.2 cm³/mol. The van der Waals surface area contributed by atoms with Gasteiger partial charge in [-0.3, -0.25) is 0 Å².